The van der Waals surface area contributed by atoms with E-state index >= 15 is 0 Å². The van der Waals surface area contributed by atoms with E-state index in [4.69, 9.17) is 11.5 Å². The first-order chi connectivity index (χ1) is 10.5. The van der Waals surface area contributed by atoms with Crippen molar-refractivity contribution in [2.45, 2.75) is 25.8 Å². The number of carbonyl (C=O) groups is 1. The van der Waals surface area contributed by atoms with Crippen LogP contribution in [-0.2, 0) is 4.79 Å². The predicted octanol–water partition coefficient (Wildman–Crippen LogP) is 2.73. The van der Waals surface area contributed by atoms with E-state index in [0.717, 1.165) is 16.8 Å². The van der Waals surface area contributed by atoms with Gasteiger partial charge in [0.05, 0.1) is 11.7 Å². The van der Waals surface area contributed by atoms with E-state index in [0.29, 0.717) is 12.2 Å². The van der Waals surface area contributed by atoms with Gasteiger partial charge >= 0.3 is 0 Å². The van der Waals surface area contributed by atoms with E-state index in [1.807, 2.05) is 30.3 Å². The lowest BCUT2D eigenvalue weighted by Crippen LogP contribution is -2.43. The van der Waals surface area contributed by atoms with Crippen molar-refractivity contribution in [3.63, 3.8) is 0 Å². The lowest BCUT2D eigenvalue weighted by Gasteiger charge is -2.26. The maximum atomic E-state index is 12.6. The Bertz CT molecular complexity index is 724. The van der Waals surface area contributed by atoms with Crippen LogP contribution in [0, 0.1) is 0 Å². The van der Waals surface area contributed by atoms with Crippen molar-refractivity contribution in [2.75, 3.05) is 17.2 Å². The SMILES string of the molecule is CC1CN(C(=O)[C@H](C)N)c2cccc(N)c2-c2ccccc21. The minimum absolute atomic E-state index is 0.0773. The number of carbonyl (C=O) groups excluding carboxylic acids is 1. The molecule has 0 spiro atoms. The van der Waals surface area contributed by atoms with Crippen molar-refractivity contribution < 1.29 is 4.79 Å². The van der Waals surface area contributed by atoms with Gasteiger partial charge < -0.3 is 16.4 Å². The van der Waals surface area contributed by atoms with Gasteiger partial charge in [0.1, 0.15) is 0 Å². The van der Waals surface area contributed by atoms with Crippen LogP contribution in [0.2, 0.25) is 0 Å². The lowest BCUT2D eigenvalue weighted by atomic mass is 9.92. The molecule has 0 aromatic heterocycles. The molecule has 2 aromatic carbocycles. The summed E-state index contributed by atoms with van der Waals surface area (Å²) in [6.45, 7) is 4.45. The largest absolute Gasteiger partial charge is 0.398 e. The van der Waals surface area contributed by atoms with Crippen LogP contribution in [0.15, 0.2) is 42.5 Å². The van der Waals surface area contributed by atoms with Crippen LogP contribution in [0.1, 0.15) is 25.3 Å². The molecule has 22 heavy (non-hydrogen) atoms. The fourth-order valence-corrected chi connectivity index (χ4v) is 3.16. The fraction of sp³-hybridized carbons (Fsp3) is 0.278. The van der Waals surface area contributed by atoms with E-state index in [-0.39, 0.29) is 11.8 Å². The third kappa shape index (κ3) is 2.25. The second-order valence-electron chi connectivity index (χ2n) is 5.97. The van der Waals surface area contributed by atoms with Gasteiger partial charge in [0, 0.05) is 17.8 Å². The number of benzene rings is 2. The van der Waals surface area contributed by atoms with E-state index in [1.54, 1.807) is 11.8 Å². The number of hydrogen-bond acceptors (Lipinski definition) is 3. The monoisotopic (exact) mass is 295 g/mol. The Labute approximate surface area is 130 Å². The van der Waals surface area contributed by atoms with Crippen molar-refractivity contribution >= 4 is 17.3 Å². The van der Waals surface area contributed by atoms with Gasteiger partial charge in [-0.2, -0.15) is 0 Å². The zero-order valence-corrected chi connectivity index (χ0v) is 12.9. The second kappa shape index (κ2) is 5.46. The fourth-order valence-electron chi connectivity index (χ4n) is 3.16. The zero-order valence-electron chi connectivity index (χ0n) is 12.9. The highest BCUT2D eigenvalue weighted by Crippen LogP contribution is 2.43. The predicted molar refractivity (Wildman–Crippen MR) is 90.7 cm³/mol. The summed E-state index contributed by atoms with van der Waals surface area (Å²) >= 11 is 0. The normalized spacial score (nSPS) is 18.1. The third-order valence-electron chi connectivity index (χ3n) is 4.24. The minimum Gasteiger partial charge on any atom is -0.398 e. The molecule has 4 N–H and O–H groups in total. The summed E-state index contributed by atoms with van der Waals surface area (Å²) in [7, 11) is 0. The maximum absolute atomic E-state index is 12.6. The Kier molecular flexibility index (Phi) is 3.62. The van der Waals surface area contributed by atoms with Gasteiger partial charge in [0.15, 0.2) is 0 Å². The van der Waals surface area contributed by atoms with E-state index in [2.05, 4.69) is 19.1 Å². The minimum atomic E-state index is -0.539. The number of nitrogen functional groups attached to an aromatic ring is 1. The molecule has 1 aliphatic heterocycles. The first kappa shape index (κ1) is 14.6. The van der Waals surface area contributed by atoms with Gasteiger partial charge in [-0.25, -0.2) is 0 Å². The van der Waals surface area contributed by atoms with Crippen LogP contribution in [0.5, 0.6) is 0 Å². The van der Waals surface area contributed by atoms with E-state index in [9.17, 15) is 4.79 Å². The van der Waals surface area contributed by atoms with Crippen LogP contribution >= 0.6 is 0 Å². The number of fused-ring (bicyclic) bond motifs is 3. The van der Waals surface area contributed by atoms with Crippen molar-refractivity contribution in [2.24, 2.45) is 5.73 Å². The summed E-state index contributed by atoms with van der Waals surface area (Å²) in [6, 6.07) is 13.4. The molecule has 0 aliphatic carbocycles. The number of hydrogen-bond donors (Lipinski definition) is 2. The average Bonchev–Trinajstić information content (AvgIpc) is 2.63. The van der Waals surface area contributed by atoms with Crippen LogP contribution in [0.4, 0.5) is 11.4 Å². The molecular weight excluding hydrogens is 274 g/mol. The van der Waals surface area contributed by atoms with E-state index in [1.165, 1.54) is 5.56 Å². The Balaban J connectivity index is 2.28. The second-order valence-corrected chi connectivity index (χ2v) is 5.97. The van der Waals surface area contributed by atoms with Gasteiger partial charge in [-0.05, 0) is 36.1 Å². The Morgan fingerprint density at radius 1 is 1.23 bits per heavy atom. The van der Waals surface area contributed by atoms with Crippen LogP contribution < -0.4 is 16.4 Å². The van der Waals surface area contributed by atoms with E-state index < -0.39 is 6.04 Å². The number of anilines is 2. The highest BCUT2D eigenvalue weighted by atomic mass is 16.2. The number of nitrogens with zero attached hydrogens (tertiary/aromatic N) is 1. The van der Waals surface area contributed by atoms with Crippen molar-refractivity contribution in [3.8, 4) is 11.1 Å². The lowest BCUT2D eigenvalue weighted by molar-refractivity contribution is -0.119. The summed E-state index contributed by atoms with van der Waals surface area (Å²) in [5, 5.41) is 0. The number of amides is 1. The van der Waals surface area contributed by atoms with Crippen molar-refractivity contribution in [1.29, 1.82) is 0 Å². The molecule has 0 saturated carbocycles. The topological polar surface area (TPSA) is 72.3 Å². The van der Waals surface area contributed by atoms with Gasteiger partial charge in [-0.1, -0.05) is 37.3 Å². The molecule has 1 unspecified atom stereocenters. The molecule has 0 radical (unpaired) electrons. The zero-order chi connectivity index (χ0) is 15.9. The summed E-state index contributed by atoms with van der Waals surface area (Å²) in [5.41, 5.74) is 16.8. The van der Waals surface area contributed by atoms with Gasteiger partial charge in [0.2, 0.25) is 5.91 Å². The molecule has 0 fully saturated rings. The molecule has 4 nitrogen and oxygen atoms in total. The molecule has 0 bridgehead atoms. The van der Waals surface area contributed by atoms with Gasteiger partial charge in [-0.3, -0.25) is 4.79 Å². The number of rotatable bonds is 1. The molecule has 1 amide bonds. The Hall–Kier alpha value is -2.33. The highest BCUT2D eigenvalue weighted by molar-refractivity contribution is 6.03. The molecule has 4 heteroatoms. The van der Waals surface area contributed by atoms with Crippen molar-refractivity contribution in [1.82, 2.24) is 0 Å². The average molecular weight is 295 g/mol. The Morgan fingerprint density at radius 3 is 2.68 bits per heavy atom. The molecule has 0 saturated heterocycles. The molecule has 2 aromatic rings. The molecular formula is C18H21N3O. The molecule has 3 rings (SSSR count). The number of nitrogens with two attached hydrogens (primary N) is 2. The smallest absolute Gasteiger partial charge is 0.243 e. The molecule has 114 valence electrons. The molecule has 1 aliphatic rings. The van der Waals surface area contributed by atoms with Crippen molar-refractivity contribution in [3.05, 3.63) is 48.0 Å². The summed E-state index contributed by atoms with van der Waals surface area (Å²) < 4.78 is 0. The summed E-state index contributed by atoms with van der Waals surface area (Å²) in [4.78, 5) is 14.4. The summed E-state index contributed by atoms with van der Waals surface area (Å²) in [6.07, 6.45) is 0. The first-order valence-electron chi connectivity index (χ1n) is 7.55. The van der Waals surface area contributed by atoms with Gasteiger partial charge in [0.25, 0.3) is 0 Å². The molecule has 1 heterocycles. The standard InChI is InChI=1S/C18H21N3O/c1-11-10-21(18(22)12(2)19)16-9-5-8-15(20)17(16)14-7-4-3-6-13(11)14/h3-9,11-12H,10,19-20H2,1-2H3/t11?,12-/m0/s1. The quantitative estimate of drug-likeness (QED) is 0.795. The highest BCUT2D eigenvalue weighted by Gasteiger charge is 2.29. The third-order valence-corrected chi connectivity index (χ3v) is 4.24. The first-order valence-corrected chi connectivity index (χ1v) is 7.55. The van der Waals surface area contributed by atoms with Crippen LogP contribution in [0.3, 0.4) is 0 Å². The molecule has 2 atom stereocenters. The van der Waals surface area contributed by atoms with Crippen LogP contribution in [0.25, 0.3) is 11.1 Å². The van der Waals surface area contributed by atoms with Gasteiger partial charge in [-0.15, -0.1) is 0 Å². The Morgan fingerprint density at radius 2 is 1.95 bits per heavy atom. The maximum Gasteiger partial charge on any atom is 0.243 e. The van der Waals surface area contributed by atoms with Crippen LogP contribution in [-0.4, -0.2) is 18.5 Å². The summed E-state index contributed by atoms with van der Waals surface area (Å²) in [5.74, 6) is 0.136.